The lowest BCUT2D eigenvalue weighted by atomic mass is 10.4. The summed E-state index contributed by atoms with van der Waals surface area (Å²) in [5, 5.41) is 3.38. The Hall–Kier alpha value is -0.870. The molecule has 0 aromatic carbocycles. The molecule has 1 N–H and O–H groups in total. The van der Waals surface area contributed by atoms with Crippen LogP contribution in [-0.2, 0) is 11.3 Å². The van der Waals surface area contributed by atoms with Crippen molar-refractivity contribution >= 4 is 0 Å². The number of hydrogen-bond acceptors (Lipinski definition) is 3. The fourth-order valence-corrected chi connectivity index (χ4v) is 1.73. The molecule has 1 fully saturated rings. The van der Waals surface area contributed by atoms with Crippen molar-refractivity contribution in [2.24, 2.45) is 0 Å². The molecule has 1 aromatic rings. The minimum absolute atomic E-state index is 0.318. The van der Waals surface area contributed by atoms with Crippen LogP contribution in [0.3, 0.4) is 0 Å². The second-order valence-electron chi connectivity index (χ2n) is 4.62. The average molecular weight is 223 g/mol. The Morgan fingerprint density at radius 3 is 3.06 bits per heavy atom. The molecule has 2 rings (SSSR count). The molecule has 0 spiro atoms. The summed E-state index contributed by atoms with van der Waals surface area (Å²) in [7, 11) is 0. The van der Waals surface area contributed by atoms with E-state index >= 15 is 0 Å². The Labute approximate surface area is 97.0 Å². The van der Waals surface area contributed by atoms with Gasteiger partial charge < -0.3 is 14.6 Å². The van der Waals surface area contributed by atoms with Gasteiger partial charge in [-0.3, -0.25) is 0 Å². The average Bonchev–Trinajstić information content (AvgIpc) is 2.98. The van der Waals surface area contributed by atoms with Gasteiger partial charge in [0.1, 0.15) is 0 Å². The summed E-state index contributed by atoms with van der Waals surface area (Å²) in [6.07, 6.45) is 6.83. The predicted molar refractivity (Wildman–Crippen MR) is 63.3 cm³/mol. The van der Waals surface area contributed by atoms with E-state index in [1.807, 2.05) is 12.5 Å². The Balaban J connectivity index is 1.67. The summed E-state index contributed by atoms with van der Waals surface area (Å²) in [5.74, 6) is 0. The monoisotopic (exact) mass is 223 g/mol. The Morgan fingerprint density at radius 1 is 1.56 bits per heavy atom. The Kier molecular flexibility index (Phi) is 3.96. The molecule has 0 unspecified atom stereocenters. The van der Waals surface area contributed by atoms with Crippen LogP contribution in [0, 0.1) is 0 Å². The maximum Gasteiger partial charge on any atom is 0.0951 e. The van der Waals surface area contributed by atoms with E-state index in [1.165, 1.54) is 18.5 Å². The van der Waals surface area contributed by atoms with Crippen molar-refractivity contribution in [2.45, 2.75) is 45.4 Å². The van der Waals surface area contributed by atoms with E-state index in [0.29, 0.717) is 12.1 Å². The van der Waals surface area contributed by atoms with E-state index in [0.717, 1.165) is 19.7 Å². The zero-order chi connectivity index (χ0) is 11.4. The predicted octanol–water partition coefficient (Wildman–Crippen LogP) is 1.73. The van der Waals surface area contributed by atoms with Crippen molar-refractivity contribution < 1.29 is 4.74 Å². The van der Waals surface area contributed by atoms with Crippen LogP contribution < -0.4 is 5.32 Å². The summed E-state index contributed by atoms with van der Waals surface area (Å²) in [6, 6.07) is 0.714. The first-order valence-corrected chi connectivity index (χ1v) is 6.10. The molecule has 1 heterocycles. The summed E-state index contributed by atoms with van der Waals surface area (Å²) in [4.78, 5) is 4.20. The lowest BCUT2D eigenvalue weighted by Gasteiger charge is -2.09. The molecule has 0 amide bonds. The number of nitrogens with one attached hydrogen (secondary N) is 1. The molecule has 1 aliphatic carbocycles. The van der Waals surface area contributed by atoms with E-state index in [1.54, 1.807) is 0 Å². The van der Waals surface area contributed by atoms with Crippen molar-refractivity contribution in [3.05, 3.63) is 18.2 Å². The molecule has 0 saturated heterocycles. The van der Waals surface area contributed by atoms with Gasteiger partial charge in [-0.2, -0.15) is 0 Å². The van der Waals surface area contributed by atoms with E-state index in [9.17, 15) is 0 Å². The highest BCUT2D eigenvalue weighted by Gasteiger charge is 2.24. The zero-order valence-electron chi connectivity index (χ0n) is 10.1. The van der Waals surface area contributed by atoms with Gasteiger partial charge in [0.15, 0.2) is 0 Å². The van der Waals surface area contributed by atoms with Gasteiger partial charge in [0.25, 0.3) is 0 Å². The van der Waals surface area contributed by atoms with E-state index in [-0.39, 0.29) is 0 Å². The van der Waals surface area contributed by atoms with Gasteiger partial charge in [-0.25, -0.2) is 4.98 Å². The third kappa shape index (κ3) is 3.32. The van der Waals surface area contributed by atoms with Gasteiger partial charge in [-0.1, -0.05) is 0 Å². The highest BCUT2D eigenvalue weighted by molar-refractivity contribution is 5.03. The molecular formula is C12H21N3O. The highest BCUT2D eigenvalue weighted by Crippen LogP contribution is 2.35. The maximum absolute atomic E-state index is 5.47. The molecule has 4 heteroatoms. The van der Waals surface area contributed by atoms with Crippen LogP contribution in [0.5, 0.6) is 0 Å². The van der Waals surface area contributed by atoms with Gasteiger partial charge in [-0.05, 0) is 26.7 Å². The van der Waals surface area contributed by atoms with Crippen LogP contribution in [0.4, 0.5) is 0 Å². The van der Waals surface area contributed by atoms with Crippen molar-refractivity contribution in [1.29, 1.82) is 0 Å². The van der Waals surface area contributed by atoms with Crippen LogP contribution in [0.25, 0.3) is 0 Å². The third-order valence-corrected chi connectivity index (χ3v) is 2.72. The second-order valence-corrected chi connectivity index (χ2v) is 4.62. The molecule has 90 valence electrons. The van der Waals surface area contributed by atoms with Gasteiger partial charge >= 0.3 is 0 Å². The number of ether oxygens (including phenoxy) is 1. The zero-order valence-corrected chi connectivity index (χ0v) is 10.1. The van der Waals surface area contributed by atoms with Crippen molar-refractivity contribution in [2.75, 3.05) is 13.2 Å². The first-order valence-electron chi connectivity index (χ1n) is 6.10. The quantitative estimate of drug-likeness (QED) is 0.716. The molecule has 0 aliphatic heterocycles. The molecule has 16 heavy (non-hydrogen) atoms. The number of hydrogen-bond donors (Lipinski definition) is 1. The molecule has 1 aliphatic rings. The number of rotatable bonds is 7. The van der Waals surface area contributed by atoms with Crippen LogP contribution in [0.1, 0.15) is 38.4 Å². The fourth-order valence-electron chi connectivity index (χ4n) is 1.73. The van der Waals surface area contributed by atoms with Gasteiger partial charge in [0.2, 0.25) is 0 Å². The third-order valence-electron chi connectivity index (χ3n) is 2.72. The first-order chi connectivity index (χ1) is 7.77. The largest absolute Gasteiger partial charge is 0.377 e. The highest BCUT2D eigenvalue weighted by atomic mass is 16.5. The van der Waals surface area contributed by atoms with Gasteiger partial charge in [0.05, 0.1) is 24.7 Å². The van der Waals surface area contributed by atoms with Gasteiger partial charge in [-0.15, -0.1) is 0 Å². The topological polar surface area (TPSA) is 39.1 Å². The number of imidazole rings is 1. The molecular weight excluding hydrogens is 202 g/mol. The van der Waals surface area contributed by atoms with E-state index < -0.39 is 0 Å². The fraction of sp³-hybridized carbons (Fsp3) is 0.750. The maximum atomic E-state index is 5.47. The molecule has 1 saturated carbocycles. The van der Waals surface area contributed by atoms with Crippen LogP contribution in [-0.4, -0.2) is 28.8 Å². The molecule has 0 bridgehead atoms. The summed E-state index contributed by atoms with van der Waals surface area (Å²) < 4.78 is 7.75. The van der Waals surface area contributed by atoms with Crippen LogP contribution in [0.15, 0.2) is 12.5 Å². The molecule has 0 atom stereocenters. The summed E-state index contributed by atoms with van der Waals surface area (Å²) >= 11 is 0. The van der Waals surface area contributed by atoms with Crippen molar-refractivity contribution in [3.8, 4) is 0 Å². The molecule has 4 nitrogen and oxygen atoms in total. The Bertz CT molecular complexity index is 318. The van der Waals surface area contributed by atoms with Crippen molar-refractivity contribution in [1.82, 2.24) is 14.9 Å². The lowest BCUT2D eigenvalue weighted by molar-refractivity contribution is 0.0806. The standard InChI is InChI=1S/C12H21N3O/c1-10(2)16-6-5-13-7-12-8-14-9-15(12)11-3-4-11/h8-11,13H,3-7H2,1-2H3. The van der Waals surface area contributed by atoms with Crippen molar-refractivity contribution in [3.63, 3.8) is 0 Å². The van der Waals surface area contributed by atoms with E-state index in [2.05, 4.69) is 28.7 Å². The minimum Gasteiger partial charge on any atom is -0.377 e. The lowest BCUT2D eigenvalue weighted by Crippen LogP contribution is -2.22. The summed E-state index contributed by atoms with van der Waals surface area (Å²) in [6.45, 7) is 6.67. The SMILES string of the molecule is CC(C)OCCNCc1cncn1C1CC1. The summed E-state index contributed by atoms with van der Waals surface area (Å²) in [5.41, 5.74) is 1.28. The molecule has 1 aromatic heterocycles. The smallest absolute Gasteiger partial charge is 0.0951 e. The first kappa shape index (κ1) is 11.6. The second kappa shape index (κ2) is 5.46. The van der Waals surface area contributed by atoms with Crippen LogP contribution >= 0.6 is 0 Å². The Morgan fingerprint density at radius 2 is 2.38 bits per heavy atom. The van der Waals surface area contributed by atoms with Crippen LogP contribution in [0.2, 0.25) is 0 Å². The minimum atomic E-state index is 0.318. The number of aromatic nitrogens is 2. The number of nitrogens with zero attached hydrogens (tertiary/aromatic N) is 2. The van der Waals surface area contributed by atoms with Gasteiger partial charge in [0, 0.05) is 25.3 Å². The normalized spacial score (nSPS) is 15.9. The molecule has 0 radical (unpaired) electrons. The van der Waals surface area contributed by atoms with E-state index in [4.69, 9.17) is 4.74 Å².